The zero-order valence-corrected chi connectivity index (χ0v) is 16.4. The Morgan fingerprint density at radius 1 is 1.21 bits per heavy atom. The summed E-state index contributed by atoms with van der Waals surface area (Å²) in [5.74, 6) is 0.722. The monoisotopic (exact) mass is 414 g/mol. The number of amides is 3. The molecule has 11 heteroatoms. The van der Waals surface area contributed by atoms with Gasteiger partial charge in [0.05, 0.1) is 6.04 Å². The normalized spacial score (nSPS) is 32.4. The van der Waals surface area contributed by atoms with Gasteiger partial charge in [-0.05, 0) is 49.9 Å². The minimum Gasteiger partial charge on any atom is -0.352 e. The Kier molecular flexibility index (Phi) is 4.17. The summed E-state index contributed by atoms with van der Waals surface area (Å²) in [6, 6.07) is -1.64. The molecule has 28 heavy (non-hydrogen) atoms. The molecular weight excluding hydrogens is 388 g/mol. The predicted molar refractivity (Wildman–Crippen MR) is 96.1 cm³/mol. The van der Waals surface area contributed by atoms with Crippen LogP contribution in [0.4, 0.5) is 4.79 Å². The third-order valence-corrected chi connectivity index (χ3v) is 7.19. The van der Waals surface area contributed by atoms with Crippen LogP contribution in [0.2, 0.25) is 0 Å². The van der Waals surface area contributed by atoms with E-state index in [1.54, 1.807) is 0 Å². The van der Waals surface area contributed by atoms with Crippen LogP contribution in [0.1, 0.15) is 38.5 Å². The summed E-state index contributed by atoms with van der Waals surface area (Å²) in [6.45, 7) is 3.71. The molecule has 5 rings (SSSR count). The number of hydrogen-bond donors (Lipinski definition) is 2. The van der Waals surface area contributed by atoms with E-state index in [0.29, 0.717) is 23.3 Å². The van der Waals surface area contributed by atoms with E-state index in [2.05, 4.69) is 14.5 Å². The van der Waals surface area contributed by atoms with Gasteiger partial charge >= 0.3 is 16.4 Å². The van der Waals surface area contributed by atoms with E-state index in [9.17, 15) is 18.0 Å². The molecule has 0 aromatic carbocycles. The van der Waals surface area contributed by atoms with Crippen molar-refractivity contribution in [1.29, 1.82) is 0 Å². The van der Waals surface area contributed by atoms with Gasteiger partial charge in [-0.2, -0.15) is 13.5 Å². The number of hydroxylamine groups is 2. The SMILES string of the molecule is O=C(NC1CC2(C1)CN(CC1CC1)C2)C1CCC2CN1C(=O)N2OS(=O)(=O)O. The standard InChI is InChI=1S/C17H26N4O6S/c22-15(18-12-5-17(6-12)9-19(10-17)7-11-1-2-11)14-4-3-13-8-20(14)16(23)21(13)27-28(24,25)26/h11-14H,1-10H2,(H,18,22)(H,24,25,26). The van der Waals surface area contributed by atoms with E-state index in [0.717, 1.165) is 31.8 Å². The summed E-state index contributed by atoms with van der Waals surface area (Å²) in [7, 11) is -4.77. The molecule has 0 aromatic heterocycles. The van der Waals surface area contributed by atoms with Crippen LogP contribution in [0.5, 0.6) is 0 Å². The van der Waals surface area contributed by atoms with Crippen LogP contribution in [0, 0.1) is 11.3 Å². The smallest absolute Gasteiger partial charge is 0.352 e. The molecule has 3 heterocycles. The third-order valence-electron chi connectivity index (χ3n) is 6.84. The maximum Gasteiger partial charge on any atom is 0.418 e. The van der Waals surface area contributed by atoms with Crippen LogP contribution in [0.25, 0.3) is 0 Å². The molecule has 3 saturated heterocycles. The Balaban J connectivity index is 1.12. The van der Waals surface area contributed by atoms with Crippen molar-refractivity contribution in [3.63, 3.8) is 0 Å². The van der Waals surface area contributed by atoms with E-state index in [-0.39, 0.29) is 18.5 Å². The lowest BCUT2D eigenvalue weighted by Crippen LogP contribution is -2.67. The minimum absolute atomic E-state index is 0.149. The Labute approximate surface area is 164 Å². The molecule has 0 radical (unpaired) electrons. The molecule has 2 bridgehead atoms. The summed E-state index contributed by atoms with van der Waals surface area (Å²) >= 11 is 0. The van der Waals surface area contributed by atoms with Gasteiger partial charge in [-0.25, -0.2) is 4.79 Å². The molecule has 5 aliphatic rings. The second-order valence-corrected chi connectivity index (χ2v) is 10.2. The molecule has 2 aliphatic carbocycles. The van der Waals surface area contributed by atoms with E-state index in [1.165, 1.54) is 24.3 Å². The van der Waals surface area contributed by atoms with Crippen molar-refractivity contribution in [3.8, 4) is 0 Å². The Hall–Kier alpha value is -1.43. The van der Waals surface area contributed by atoms with Gasteiger partial charge in [0.15, 0.2) is 0 Å². The Bertz CT molecular complexity index is 785. The number of carbonyl (C=O) groups is 2. The van der Waals surface area contributed by atoms with Gasteiger partial charge < -0.3 is 15.1 Å². The van der Waals surface area contributed by atoms with Crippen molar-refractivity contribution in [3.05, 3.63) is 0 Å². The third kappa shape index (κ3) is 3.38. The fourth-order valence-corrected chi connectivity index (χ4v) is 5.83. The van der Waals surface area contributed by atoms with Gasteiger partial charge in [0.1, 0.15) is 6.04 Å². The molecule has 5 fully saturated rings. The topological polar surface area (TPSA) is 119 Å². The number of likely N-dealkylation sites (tertiary alicyclic amines) is 1. The van der Waals surface area contributed by atoms with Crippen LogP contribution in [0.15, 0.2) is 0 Å². The lowest BCUT2D eigenvalue weighted by atomic mass is 9.60. The summed E-state index contributed by atoms with van der Waals surface area (Å²) < 4.78 is 35.1. The van der Waals surface area contributed by atoms with E-state index < -0.39 is 28.5 Å². The number of fused-ring (bicyclic) bond motifs is 2. The first-order chi connectivity index (χ1) is 13.2. The summed E-state index contributed by atoms with van der Waals surface area (Å²) in [6.07, 6.45) is 5.60. The molecule has 156 valence electrons. The first-order valence-corrected chi connectivity index (χ1v) is 11.4. The molecule has 0 aromatic rings. The van der Waals surface area contributed by atoms with Crippen molar-refractivity contribution < 1.29 is 26.8 Å². The van der Waals surface area contributed by atoms with Crippen LogP contribution < -0.4 is 5.32 Å². The number of hydrogen-bond acceptors (Lipinski definition) is 6. The van der Waals surface area contributed by atoms with Gasteiger partial charge in [0.2, 0.25) is 5.91 Å². The zero-order valence-electron chi connectivity index (χ0n) is 15.6. The highest BCUT2D eigenvalue weighted by Crippen LogP contribution is 2.49. The van der Waals surface area contributed by atoms with Crippen LogP contribution in [-0.2, 0) is 19.5 Å². The van der Waals surface area contributed by atoms with Crippen molar-refractivity contribution >= 4 is 22.3 Å². The largest absolute Gasteiger partial charge is 0.418 e. The number of nitrogens with one attached hydrogen (secondary N) is 1. The molecule has 2 unspecified atom stereocenters. The Morgan fingerprint density at radius 2 is 1.93 bits per heavy atom. The van der Waals surface area contributed by atoms with Gasteiger partial charge in [-0.1, -0.05) is 0 Å². The van der Waals surface area contributed by atoms with Crippen LogP contribution in [-0.4, -0.2) is 84.1 Å². The van der Waals surface area contributed by atoms with Crippen LogP contribution in [0.3, 0.4) is 0 Å². The van der Waals surface area contributed by atoms with Gasteiger partial charge in [0.25, 0.3) is 0 Å². The molecule has 10 nitrogen and oxygen atoms in total. The quantitative estimate of drug-likeness (QED) is 0.586. The number of carbonyl (C=O) groups excluding carboxylic acids is 2. The molecule has 1 spiro atoms. The highest BCUT2D eigenvalue weighted by atomic mass is 32.3. The molecule has 2 saturated carbocycles. The highest BCUT2D eigenvalue weighted by molar-refractivity contribution is 7.80. The lowest BCUT2D eigenvalue weighted by molar-refractivity contribution is -0.132. The van der Waals surface area contributed by atoms with E-state index in [4.69, 9.17) is 4.55 Å². The van der Waals surface area contributed by atoms with E-state index >= 15 is 0 Å². The van der Waals surface area contributed by atoms with E-state index in [1.807, 2.05) is 0 Å². The fourth-order valence-electron chi connectivity index (χ4n) is 5.44. The molecule has 2 N–H and O–H groups in total. The van der Waals surface area contributed by atoms with Crippen molar-refractivity contribution in [2.75, 3.05) is 26.2 Å². The summed E-state index contributed by atoms with van der Waals surface area (Å²) in [5, 5.41) is 3.74. The minimum atomic E-state index is -4.77. The first-order valence-electron chi connectivity index (χ1n) is 10.0. The second kappa shape index (κ2) is 6.28. The van der Waals surface area contributed by atoms with Crippen molar-refractivity contribution in [2.24, 2.45) is 11.3 Å². The first kappa shape index (κ1) is 18.6. The van der Waals surface area contributed by atoms with Gasteiger partial charge in [-0.15, -0.1) is 4.28 Å². The van der Waals surface area contributed by atoms with Crippen LogP contribution >= 0.6 is 0 Å². The van der Waals surface area contributed by atoms with Crippen molar-refractivity contribution in [1.82, 2.24) is 20.2 Å². The number of urea groups is 1. The average molecular weight is 414 g/mol. The number of rotatable bonds is 6. The summed E-state index contributed by atoms with van der Waals surface area (Å²) in [4.78, 5) is 29.0. The number of piperidine rings is 1. The predicted octanol–water partition coefficient (Wildman–Crippen LogP) is -0.0200. The fraction of sp³-hybridized carbons (Fsp3) is 0.882. The number of nitrogens with zero attached hydrogens (tertiary/aromatic N) is 3. The molecule has 2 atom stereocenters. The van der Waals surface area contributed by atoms with Crippen molar-refractivity contribution in [2.45, 2.75) is 56.7 Å². The molecule has 3 amide bonds. The Morgan fingerprint density at radius 3 is 2.57 bits per heavy atom. The lowest BCUT2D eigenvalue weighted by Gasteiger charge is -2.59. The maximum atomic E-state index is 12.7. The second-order valence-electron chi connectivity index (χ2n) is 9.24. The maximum absolute atomic E-state index is 12.7. The highest BCUT2D eigenvalue weighted by Gasteiger charge is 2.54. The molecule has 3 aliphatic heterocycles. The zero-order chi connectivity index (χ0) is 19.7. The average Bonchev–Trinajstić information content (AvgIpc) is 3.34. The van der Waals surface area contributed by atoms with Gasteiger partial charge in [-0.3, -0.25) is 9.35 Å². The van der Waals surface area contributed by atoms with Gasteiger partial charge in [0, 0.05) is 32.2 Å². The molecular formula is C17H26N4O6S. The summed E-state index contributed by atoms with van der Waals surface area (Å²) in [5.41, 5.74) is 0.369.